The predicted octanol–water partition coefficient (Wildman–Crippen LogP) is 1.28. The Kier molecular flexibility index (Phi) is 7.33. The third kappa shape index (κ3) is 9.88. The minimum Gasteiger partial charge on any atom is -0.481 e. The summed E-state index contributed by atoms with van der Waals surface area (Å²) >= 11 is 0. The minimum atomic E-state index is -4.39. The van der Waals surface area contributed by atoms with Crippen molar-refractivity contribution in [2.45, 2.75) is 25.4 Å². The molecule has 0 aromatic rings. The third-order valence-electron chi connectivity index (χ3n) is 2.04. The van der Waals surface area contributed by atoms with Crippen molar-refractivity contribution in [1.29, 1.82) is 0 Å². The van der Waals surface area contributed by atoms with Gasteiger partial charge in [-0.1, -0.05) is 0 Å². The lowest BCUT2D eigenvalue weighted by Gasteiger charge is -2.16. The van der Waals surface area contributed by atoms with Crippen molar-refractivity contribution < 1.29 is 32.6 Å². The average Bonchev–Trinajstić information content (AvgIpc) is 2.22. The molecule has 0 saturated heterocycles. The maximum atomic E-state index is 11.7. The maximum absolute atomic E-state index is 11.7. The quantitative estimate of drug-likeness (QED) is 0.675. The first-order valence-corrected chi connectivity index (χ1v) is 5.32. The monoisotopic (exact) mass is 271 g/mol. The van der Waals surface area contributed by atoms with E-state index >= 15 is 0 Å². The van der Waals surface area contributed by atoms with Gasteiger partial charge in [0.25, 0.3) is 0 Å². The predicted molar refractivity (Wildman–Crippen MR) is 56.0 cm³/mol. The van der Waals surface area contributed by atoms with E-state index in [1.54, 1.807) is 0 Å². The normalized spacial score (nSPS) is 11.3. The molecule has 1 amide bonds. The first kappa shape index (κ1) is 16.7. The Bertz CT molecular complexity index is 281. The number of nitrogens with zero attached hydrogens (tertiary/aromatic N) is 1. The maximum Gasteiger partial charge on any atom is 0.411 e. The number of hydrogen-bond donors (Lipinski definition) is 1. The van der Waals surface area contributed by atoms with Gasteiger partial charge in [-0.15, -0.1) is 0 Å². The number of ether oxygens (including phenoxy) is 1. The first-order valence-electron chi connectivity index (χ1n) is 5.32. The number of amides is 1. The Hall–Kier alpha value is -1.31. The lowest BCUT2D eigenvalue weighted by molar-refractivity contribution is -0.175. The molecule has 0 radical (unpaired) electrons. The van der Waals surface area contributed by atoms with Crippen LogP contribution in [0.2, 0.25) is 0 Å². The summed E-state index contributed by atoms with van der Waals surface area (Å²) in [6.07, 6.45) is -4.29. The van der Waals surface area contributed by atoms with Crippen LogP contribution in [0.1, 0.15) is 19.3 Å². The molecule has 0 spiro atoms. The van der Waals surface area contributed by atoms with E-state index in [2.05, 4.69) is 4.74 Å². The minimum absolute atomic E-state index is 0.0534. The lowest BCUT2D eigenvalue weighted by Crippen LogP contribution is -2.29. The number of aliphatic carboxylic acids is 1. The van der Waals surface area contributed by atoms with Crippen molar-refractivity contribution in [3.05, 3.63) is 0 Å². The summed E-state index contributed by atoms with van der Waals surface area (Å²) < 4.78 is 39.4. The van der Waals surface area contributed by atoms with Crippen molar-refractivity contribution in [1.82, 2.24) is 4.90 Å². The Morgan fingerprint density at radius 3 is 2.39 bits per heavy atom. The Balaban J connectivity index is 3.65. The average molecular weight is 271 g/mol. The van der Waals surface area contributed by atoms with Gasteiger partial charge in [-0.25, -0.2) is 0 Å². The van der Waals surface area contributed by atoms with Crippen LogP contribution in [0.15, 0.2) is 0 Å². The summed E-state index contributed by atoms with van der Waals surface area (Å²) in [5.41, 5.74) is 0. The summed E-state index contributed by atoms with van der Waals surface area (Å²) in [6, 6.07) is 0. The largest absolute Gasteiger partial charge is 0.481 e. The third-order valence-corrected chi connectivity index (χ3v) is 2.04. The van der Waals surface area contributed by atoms with Gasteiger partial charge in [0, 0.05) is 20.0 Å². The molecule has 1 N–H and O–H groups in total. The highest BCUT2D eigenvalue weighted by molar-refractivity contribution is 5.76. The highest BCUT2D eigenvalue weighted by atomic mass is 19.4. The van der Waals surface area contributed by atoms with Gasteiger partial charge in [-0.3, -0.25) is 9.59 Å². The Morgan fingerprint density at radius 2 is 1.89 bits per heavy atom. The van der Waals surface area contributed by atoms with Crippen LogP contribution < -0.4 is 0 Å². The second-order valence-electron chi connectivity index (χ2n) is 3.73. The molecule has 0 atom stereocenters. The fraction of sp³-hybridized carbons (Fsp3) is 0.800. The molecule has 0 unspecified atom stereocenters. The van der Waals surface area contributed by atoms with Gasteiger partial charge >= 0.3 is 12.1 Å². The van der Waals surface area contributed by atoms with Crippen LogP contribution in [-0.4, -0.2) is 54.9 Å². The summed E-state index contributed by atoms with van der Waals surface area (Å²) in [5.74, 6) is -1.33. The second-order valence-corrected chi connectivity index (χ2v) is 3.73. The molecule has 0 aliphatic carbocycles. The molecule has 0 fully saturated rings. The van der Waals surface area contributed by atoms with E-state index in [0.717, 1.165) is 0 Å². The molecule has 0 aromatic carbocycles. The van der Waals surface area contributed by atoms with Crippen LogP contribution in [0.5, 0.6) is 0 Å². The Labute approximate surface area is 103 Å². The van der Waals surface area contributed by atoms with Crippen molar-refractivity contribution in [2.75, 3.05) is 26.8 Å². The molecule has 0 heterocycles. The molecule has 0 aromatic heterocycles. The topological polar surface area (TPSA) is 66.8 Å². The van der Waals surface area contributed by atoms with E-state index in [0.29, 0.717) is 6.42 Å². The highest BCUT2D eigenvalue weighted by Crippen LogP contribution is 2.14. The summed E-state index contributed by atoms with van der Waals surface area (Å²) in [4.78, 5) is 22.9. The molecule has 5 nitrogen and oxygen atoms in total. The molecule has 0 aliphatic rings. The number of carboxylic acid groups (broad SMARTS) is 1. The molecular weight excluding hydrogens is 255 g/mol. The van der Waals surface area contributed by atoms with E-state index in [-0.39, 0.29) is 31.9 Å². The number of rotatable bonds is 8. The molecule has 0 rings (SSSR count). The van der Waals surface area contributed by atoms with Crippen molar-refractivity contribution >= 4 is 11.9 Å². The van der Waals surface area contributed by atoms with Gasteiger partial charge < -0.3 is 14.7 Å². The standard InChI is InChI=1S/C10H16F3NO4/c1-14(5-2-3-9(16)17)8(15)4-6-18-7-10(11,12)13/h2-7H2,1H3,(H,16,17). The van der Waals surface area contributed by atoms with Crippen LogP contribution in [-0.2, 0) is 14.3 Å². The van der Waals surface area contributed by atoms with Crippen LogP contribution >= 0.6 is 0 Å². The van der Waals surface area contributed by atoms with Crippen LogP contribution in [0.4, 0.5) is 13.2 Å². The second kappa shape index (κ2) is 7.91. The summed E-state index contributed by atoms with van der Waals surface area (Å²) in [7, 11) is 1.47. The number of alkyl halides is 3. The SMILES string of the molecule is CN(CCCC(=O)O)C(=O)CCOCC(F)(F)F. The zero-order chi connectivity index (χ0) is 14.2. The molecule has 8 heteroatoms. The smallest absolute Gasteiger partial charge is 0.411 e. The molecule has 106 valence electrons. The molecule has 18 heavy (non-hydrogen) atoms. The van der Waals surface area contributed by atoms with Crippen LogP contribution in [0.25, 0.3) is 0 Å². The summed E-state index contributed by atoms with van der Waals surface area (Å²) in [6.45, 7) is -1.42. The molecule has 0 saturated carbocycles. The fourth-order valence-corrected chi connectivity index (χ4v) is 1.13. The number of carboxylic acids is 1. The van der Waals surface area contributed by atoms with E-state index in [1.807, 2.05) is 0 Å². The fourth-order valence-electron chi connectivity index (χ4n) is 1.13. The van der Waals surface area contributed by atoms with Crippen molar-refractivity contribution in [2.24, 2.45) is 0 Å². The number of halogens is 3. The first-order chi connectivity index (χ1) is 8.22. The van der Waals surface area contributed by atoms with Crippen LogP contribution in [0.3, 0.4) is 0 Å². The van der Waals surface area contributed by atoms with Gasteiger partial charge in [0.05, 0.1) is 13.0 Å². The van der Waals surface area contributed by atoms with Crippen molar-refractivity contribution in [3.63, 3.8) is 0 Å². The molecule has 0 aliphatic heterocycles. The number of hydrogen-bond acceptors (Lipinski definition) is 3. The number of carbonyl (C=O) groups is 2. The lowest BCUT2D eigenvalue weighted by atomic mass is 10.3. The zero-order valence-corrected chi connectivity index (χ0v) is 10.00. The molecular formula is C10H16F3NO4. The number of carbonyl (C=O) groups excluding carboxylic acids is 1. The van der Waals surface area contributed by atoms with E-state index in [9.17, 15) is 22.8 Å². The van der Waals surface area contributed by atoms with E-state index < -0.39 is 18.8 Å². The van der Waals surface area contributed by atoms with E-state index in [1.165, 1.54) is 11.9 Å². The summed E-state index contributed by atoms with van der Waals surface area (Å²) in [5, 5.41) is 8.38. The zero-order valence-electron chi connectivity index (χ0n) is 10.00. The Morgan fingerprint density at radius 1 is 1.28 bits per heavy atom. The van der Waals surface area contributed by atoms with Gasteiger partial charge in [0.1, 0.15) is 6.61 Å². The van der Waals surface area contributed by atoms with Gasteiger partial charge in [0.2, 0.25) is 5.91 Å². The van der Waals surface area contributed by atoms with E-state index in [4.69, 9.17) is 5.11 Å². The molecule has 0 bridgehead atoms. The van der Waals surface area contributed by atoms with Gasteiger partial charge in [-0.2, -0.15) is 13.2 Å². The van der Waals surface area contributed by atoms with Gasteiger partial charge in [-0.05, 0) is 6.42 Å². The van der Waals surface area contributed by atoms with Crippen LogP contribution in [0, 0.1) is 0 Å². The highest BCUT2D eigenvalue weighted by Gasteiger charge is 2.27. The van der Waals surface area contributed by atoms with Gasteiger partial charge in [0.15, 0.2) is 0 Å². The van der Waals surface area contributed by atoms with Crippen molar-refractivity contribution in [3.8, 4) is 0 Å².